The Morgan fingerprint density at radius 3 is 2.36 bits per heavy atom. The normalized spacial score (nSPS) is 10.5. The Hall–Kier alpha value is -3.62. The van der Waals surface area contributed by atoms with Crippen molar-refractivity contribution in [3.05, 3.63) is 71.0 Å². The van der Waals surface area contributed by atoms with Crippen LogP contribution >= 0.6 is 0 Å². The van der Waals surface area contributed by atoms with Crippen LogP contribution < -0.4 is 15.4 Å². The first-order chi connectivity index (χ1) is 13.4. The highest BCUT2D eigenvalue weighted by Crippen LogP contribution is 2.28. The number of methoxy groups -OCH3 is 1. The van der Waals surface area contributed by atoms with E-state index >= 15 is 0 Å². The number of benzene rings is 2. The van der Waals surface area contributed by atoms with Crippen molar-refractivity contribution in [2.45, 2.75) is 6.92 Å². The molecule has 3 aromatic rings. The van der Waals surface area contributed by atoms with Crippen LogP contribution in [0.3, 0.4) is 0 Å². The molecule has 3 rings (SSSR count). The lowest BCUT2D eigenvalue weighted by molar-refractivity contribution is 0.102. The molecule has 2 aromatic carbocycles. The molecule has 0 atom stereocenters. The van der Waals surface area contributed by atoms with Gasteiger partial charge in [-0.15, -0.1) is 10.2 Å². The van der Waals surface area contributed by atoms with E-state index in [2.05, 4.69) is 20.8 Å². The minimum atomic E-state index is -1.72. The third-order valence-electron chi connectivity index (χ3n) is 3.80. The number of carbonyl (C=O) groups is 1. The Balaban J connectivity index is 1.74. The number of halogens is 3. The van der Waals surface area contributed by atoms with E-state index in [1.807, 2.05) is 19.1 Å². The van der Waals surface area contributed by atoms with Gasteiger partial charge in [-0.25, -0.2) is 13.2 Å². The van der Waals surface area contributed by atoms with Crippen LogP contribution in [0.15, 0.2) is 42.5 Å². The second kappa shape index (κ2) is 7.95. The number of anilines is 3. The molecule has 9 heteroatoms. The van der Waals surface area contributed by atoms with Gasteiger partial charge in [-0.1, -0.05) is 6.07 Å². The van der Waals surface area contributed by atoms with Gasteiger partial charge >= 0.3 is 0 Å². The molecule has 0 bridgehead atoms. The summed E-state index contributed by atoms with van der Waals surface area (Å²) < 4.78 is 45.2. The van der Waals surface area contributed by atoms with Crippen LogP contribution in [0.25, 0.3) is 0 Å². The fraction of sp³-hybridized carbons (Fsp3) is 0.105. The molecule has 0 aliphatic heterocycles. The van der Waals surface area contributed by atoms with E-state index < -0.39 is 28.9 Å². The predicted octanol–water partition coefficient (Wildman–Crippen LogP) is 4.21. The SMILES string of the molecule is COc1ccc(C)cc1Nc1ccc(NC(=O)c2ccc(F)c(F)c2F)nn1. The summed E-state index contributed by atoms with van der Waals surface area (Å²) in [6.45, 7) is 1.92. The van der Waals surface area contributed by atoms with E-state index in [0.717, 1.165) is 11.6 Å². The van der Waals surface area contributed by atoms with Gasteiger partial charge in [0.15, 0.2) is 29.1 Å². The van der Waals surface area contributed by atoms with Gasteiger partial charge in [-0.05, 0) is 48.9 Å². The molecule has 0 radical (unpaired) electrons. The molecule has 0 fully saturated rings. The maximum atomic E-state index is 13.7. The zero-order valence-corrected chi connectivity index (χ0v) is 14.9. The van der Waals surface area contributed by atoms with Gasteiger partial charge in [-0.3, -0.25) is 4.79 Å². The van der Waals surface area contributed by atoms with Gasteiger partial charge in [0, 0.05) is 0 Å². The molecular weight excluding hydrogens is 373 g/mol. The molecule has 0 saturated heterocycles. The topological polar surface area (TPSA) is 76.1 Å². The van der Waals surface area contributed by atoms with Gasteiger partial charge in [0.25, 0.3) is 5.91 Å². The molecule has 0 spiro atoms. The molecule has 1 heterocycles. The van der Waals surface area contributed by atoms with Crippen molar-refractivity contribution >= 4 is 23.2 Å². The second-order valence-corrected chi connectivity index (χ2v) is 5.81. The summed E-state index contributed by atoms with van der Waals surface area (Å²) >= 11 is 0. The maximum absolute atomic E-state index is 13.7. The molecule has 144 valence electrons. The summed E-state index contributed by atoms with van der Waals surface area (Å²) in [5.74, 6) is -4.65. The number of rotatable bonds is 5. The van der Waals surface area contributed by atoms with Gasteiger partial charge in [0.1, 0.15) is 5.75 Å². The minimum absolute atomic E-state index is 0.0101. The first-order valence-electron chi connectivity index (χ1n) is 8.09. The number of amides is 1. The Morgan fingerprint density at radius 2 is 1.68 bits per heavy atom. The molecule has 28 heavy (non-hydrogen) atoms. The molecule has 2 N–H and O–H groups in total. The number of ether oxygens (including phenoxy) is 1. The summed E-state index contributed by atoms with van der Waals surface area (Å²) in [6.07, 6.45) is 0. The average Bonchev–Trinajstić information content (AvgIpc) is 2.68. The fourth-order valence-corrected chi connectivity index (χ4v) is 2.41. The van der Waals surface area contributed by atoms with Crippen LogP contribution in [0.1, 0.15) is 15.9 Å². The monoisotopic (exact) mass is 388 g/mol. The molecule has 0 aliphatic rings. The van der Waals surface area contributed by atoms with Crippen LogP contribution in [-0.4, -0.2) is 23.2 Å². The first kappa shape index (κ1) is 19.2. The third-order valence-corrected chi connectivity index (χ3v) is 3.80. The average molecular weight is 388 g/mol. The zero-order chi connectivity index (χ0) is 20.3. The van der Waals surface area contributed by atoms with E-state index in [0.29, 0.717) is 23.3 Å². The van der Waals surface area contributed by atoms with Gasteiger partial charge < -0.3 is 15.4 Å². The Kier molecular flexibility index (Phi) is 5.44. The Labute approximate surface area is 158 Å². The van der Waals surface area contributed by atoms with Crippen LogP contribution in [0.2, 0.25) is 0 Å². The number of nitrogens with one attached hydrogen (secondary N) is 2. The van der Waals surface area contributed by atoms with Crippen molar-refractivity contribution in [1.82, 2.24) is 10.2 Å². The smallest absolute Gasteiger partial charge is 0.259 e. The summed E-state index contributed by atoms with van der Waals surface area (Å²) in [6, 6.07) is 10.0. The Morgan fingerprint density at radius 1 is 0.964 bits per heavy atom. The van der Waals surface area contributed by atoms with E-state index in [1.165, 1.54) is 19.2 Å². The number of nitrogens with zero attached hydrogens (tertiary/aromatic N) is 2. The molecule has 0 aliphatic carbocycles. The largest absolute Gasteiger partial charge is 0.495 e. The quantitative estimate of drug-likeness (QED) is 0.641. The van der Waals surface area contributed by atoms with Crippen molar-refractivity contribution in [2.24, 2.45) is 0 Å². The number of carbonyl (C=O) groups excluding carboxylic acids is 1. The number of hydrogen-bond donors (Lipinski definition) is 2. The summed E-state index contributed by atoms with van der Waals surface area (Å²) in [4.78, 5) is 12.1. The van der Waals surface area contributed by atoms with Crippen LogP contribution in [0.5, 0.6) is 5.75 Å². The molecule has 1 aromatic heterocycles. The van der Waals surface area contributed by atoms with E-state index in [9.17, 15) is 18.0 Å². The number of aromatic nitrogens is 2. The lowest BCUT2D eigenvalue weighted by Crippen LogP contribution is -2.16. The van der Waals surface area contributed by atoms with Crippen molar-refractivity contribution in [3.63, 3.8) is 0 Å². The highest BCUT2D eigenvalue weighted by atomic mass is 19.2. The van der Waals surface area contributed by atoms with Crippen LogP contribution in [0.4, 0.5) is 30.5 Å². The van der Waals surface area contributed by atoms with Crippen molar-refractivity contribution in [3.8, 4) is 5.75 Å². The minimum Gasteiger partial charge on any atom is -0.495 e. The van der Waals surface area contributed by atoms with Crippen molar-refractivity contribution in [2.75, 3.05) is 17.7 Å². The van der Waals surface area contributed by atoms with Gasteiger partial charge in [-0.2, -0.15) is 0 Å². The van der Waals surface area contributed by atoms with Crippen molar-refractivity contribution in [1.29, 1.82) is 0 Å². The highest BCUT2D eigenvalue weighted by Gasteiger charge is 2.19. The molecule has 0 unspecified atom stereocenters. The maximum Gasteiger partial charge on any atom is 0.259 e. The fourth-order valence-electron chi connectivity index (χ4n) is 2.41. The van der Waals surface area contributed by atoms with Crippen molar-refractivity contribution < 1.29 is 22.7 Å². The van der Waals surface area contributed by atoms with E-state index in [4.69, 9.17) is 4.74 Å². The van der Waals surface area contributed by atoms with E-state index in [-0.39, 0.29) is 5.82 Å². The highest BCUT2D eigenvalue weighted by molar-refractivity contribution is 6.03. The van der Waals surface area contributed by atoms with E-state index in [1.54, 1.807) is 6.07 Å². The summed E-state index contributed by atoms with van der Waals surface area (Å²) in [5, 5.41) is 13.0. The first-order valence-corrected chi connectivity index (χ1v) is 8.09. The van der Waals surface area contributed by atoms with Crippen LogP contribution in [0, 0.1) is 24.4 Å². The Bertz CT molecular complexity index is 1030. The second-order valence-electron chi connectivity index (χ2n) is 5.81. The molecule has 6 nitrogen and oxygen atoms in total. The van der Waals surface area contributed by atoms with Gasteiger partial charge in [0.2, 0.25) is 0 Å². The lowest BCUT2D eigenvalue weighted by Gasteiger charge is -2.11. The molecular formula is C19H15F3N4O2. The lowest BCUT2D eigenvalue weighted by atomic mass is 10.2. The summed E-state index contributed by atoms with van der Waals surface area (Å²) in [5.41, 5.74) is 1.04. The molecule has 1 amide bonds. The standard InChI is InChI=1S/C19H15F3N4O2/c1-10-3-6-14(28-2)13(9-10)23-15-7-8-16(26-25-15)24-19(27)11-4-5-12(20)18(22)17(11)21/h3-9H,1-2H3,(H,23,25)(H,24,26,27). The molecule has 0 saturated carbocycles. The number of aryl methyl sites for hydroxylation is 1. The predicted molar refractivity (Wildman–Crippen MR) is 97.3 cm³/mol. The number of hydrogen-bond acceptors (Lipinski definition) is 5. The third kappa shape index (κ3) is 4.03. The van der Waals surface area contributed by atoms with Gasteiger partial charge in [0.05, 0.1) is 18.4 Å². The zero-order valence-electron chi connectivity index (χ0n) is 14.9. The summed E-state index contributed by atoms with van der Waals surface area (Å²) in [7, 11) is 1.54. The van der Waals surface area contributed by atoms with Crippen LogP contribution in [-0.2, 0) is 0 Å².